The van der Waals surface area contributed by atoms with Crippen molar-refractivity contribution in [3.8, 4) is 0 Å². The molecule has 1 aromatic heterocycles. The lowest BCUT2D eigenvalue weighted by Crippen LogP contribution is -2.43. The molecule has 0 bridgehead atoms. The number of carbonyl (C=O) groups excluding carboxylic acids is 2. The first-order chi connectivity index (χ1) is 9.72. The van der Waals surface area contributed by atoms with Crippen molar-refractivity contribution < 1.29 is 14.3 Å². The van der Waals surface area contributed by atoms with Crippen LogP contribution in [-0.4, -0.2) is 30.0 Å². The van der Waals surface area contributed by atoms with E-state index in [0.717, 1.165) is 32.1 Å². The molecule has 5 nitrogen and oxygen atoms in total. The average molecular weight is 276 g/mol. The number of methoxy groups -OCH3 is 1. The lowest BCUT2D eigenvalue weighted by atomic mass is 9.94. The van der Waals surface area contributed by atoms with Crippen molar-refractivity contribution >= 4 is 11.9 Å². The Morgan fingerprint density at radius 1 is 1.30 bits per heavy atom. The molecular weight excluding hydrogens is 256 g/mol. The highest BCUT2D eigenvalue weighted by atomic mass is 16.5. The van der Waals surface area contributed by atoms with Crippen LogP contribution in [0.5, 0.6) is 0 Å². The van der Waals surface area contributed by atoms with Crippen LogP contribution in [-0.2, 0) is 9.53 Å². The maximum absolute atomic E-state index is 12.2. The predicted octanol–water partition coefficient (Wildman–Crippen LogP) is 1.93. The van der Waals surface area contributed by atoms with Gasteiger partial charge in [0.05, 0.1) is 18.6 Å². The molecule has 2 atom stereocenters. The summed E-state index contributed by atoms with van der Waals surface area (Å²) < 4.78 is 4.86. The summed E-state index contributed by atoms with van der Waals surface area (Å²) in [6.45, 7) is 0. The van der Waals surface area contributed by atoms with Crippen LogP contribution in [0.15, 0.2) is 24.5 Å². The molecule has 0 spiro atoms. The number of amides is 1. The number of nitrogens with one attached hydrogen (secondary N) is 1. The lowest BCUT2D eigenvalue weighted by molar-refractivity contribution is -0.146. The monoisotopic (exact) mass is 276 g/mol. The SMILES string of the molecule is COC(=O)[C@H]1CCCCC[C@@H]1NC(=O)c1cccnc1. The molecule has 2 rings (SSSR count). The fourth-order valence-electron chi connectivity index (χ4n) is 2.66. The molecule has 0 aromatic carbocycles. The van der Waals surface area contributed by atoms with E-state index in [1.165, 1.54) is 13.3 Å². The van der Waals surface area contributed by atoms with Crippen LogP contribution in [0.4, 0.5) is 0 Å². The molecule has 0 unspecified atom stereocenters. The normalized spacial score (nSPS) is 22.6. The number of rotatable bonds is 3. The van der Waals surface area contributed by atoms with Gasteiger partial charge in [-0.3, -0.25) is 14.6 Å². The van der Waals surface area contributed by atoms with Gasteiger partial charge in [-0.1, -0.05) is 19.3 Å². The quantitative estimate of drug-likeness (QED) is 0.676. The van der Waals surface area contributed by atoms with Crippen LogP contribution in [0.3, 0.4) is 0 Å². The lowest BCUT2D eigenvalue weighted by Gasteiger charge is -2.24. The number of carbonyl (C=O) groups is 2. The minimum atomic E-state index is -0.247. The number of hydrogen-bond donors (Lipinski definition) is 1. The second kappa shape index (κ2) is 7.03. The second-order valence-electron chi connectivity index (χ2n) is 5.09. The Labute approximate surface area is 118 Å². The first-order valence-corrected chi connectivity index (χ1v) is 7.01. The molecule has 1 aliphatic rings. The highest BCUT2D eigenvalue weighted by Gasteiger charge is 2.31. The summed E-state index contributed by atoms with van der Waals surface area (Å²) in [5.41, 5.74) is 0.514. The highest BCUT2D eigenvalue weighted by molar-refractivity contribution is 5.94. The fraction of sp³-hybridized carbons (Fsp3) is 0.533. The Morgan fingerprint density at radius 2 is 2.10 bits per heavy atom. The number of hydrogen-bond acceptors (Lipinski definition) is 4. The van der Waals surface area contributed by atoms with E-state index in [0.29, 0.717) is 5.56 Å². The van der Waals surface area contributed by atoms with E-state index in [-0.39, 0.29) is 23.8 Å². The molecule has 1 N–H and O–H groups in total. The predicted molar refractivity (Wildman–Crippen MR) is 74.1 cm³/mol. The van der Waals surface area contributed by atoms with Gasteiger partial charge >= 0.3 is 5.97 Å². The van der Waals surface area contributed by atoms with E-state index in [1.807, 2.05) is 0 Å². The number of ether oxygens (including phenoxy) is 1. The molecule has 0 radical (unpaired) electrons. The molecule has 108 valence electrons. The molecule has 1 saturated carbocycles. The summed E-state index contributed by atoms with van der Waals surface area (Å²) in [6.07, 6.45) is 7.84. The zero-order chi connectivity index (χ0) is 14.4. The summed E-state index contributed by atoms with van der Waals surface area (Å²) in [5.74, 6) is -0.662. The average Bonchev–Trinajstić information content (AvgIpc) is 2.73. The third-order valence-electron chi connectivity index (χ3n) is 3.76. The maximum atomic E-state index is 12.2. The molecule has 1 aliphatic carbocycles. The minimum Gasteiger partial charge on any atom is -0.469 e. The summed E-state index contributed by atoms with van der Waals surface area (Å²) in [7, 11) is 1.40. The Hall–Kier alpha value is -1.91. The van der Waals surface area contributed by atoms with Crippen molar-refractivity contribution in [1.82, 2.24) is 10.3 Å². The summed E-state index contributed by atoms with van der Waals surface area (Å²) in [5, 5.41) is 2.96. The molecule has 1 aromatic rings. The molecule has 0 saturated heterocycles. The van der Waals surface area contributed by atoms with Crippen LogP contribution in [0.25, 0.3) is 0 Å². The zero-order valence-corrected chi connectivity index (χ0v) is 11.7. The van der Waals surface area contributed by atoms with Crippen LogP contribution in [0, 0.1) is 5.92 Å². The van der Waals surface area contributed by atoms with Gasteiger partial charge in [0.2, 0.25) is 0 Å². The standard InChI is InChI=1S/C15H20N2O3/c1-20-15(19)12-7-3-2-4-8-13(12)17-14(18)11-6-5-9-16-10-11/h5-6,9-10,12-13H,2-4,7-8H2,1H3,(H,17,18)/t12-,13-/m0/s1. The zero-order valence-electron chi connectivity index (χ0n) is 11.7. The highest BCUT2D eigenvalue weighted by Crippen LogP contribution is 2.24. The van der Waals surface area contributed by atoms with E-state index in [9.17, 15) is 9.59 Å². The van der Waals surface area contributed by atoms with Crippen LogP contribution < -0.4 is 5.32 Å². The Bertz CT molecular complexity index is 461. The third-order valence-corrected chi connectivity index (χ3v) is 3.76. The molecule has 1 amide bonds. The van der Waals surface area contributed by atoms with E-state index < -0.39 is 0 Å². The largest absolute Gasteiger partial charge is 0.469 e. The molecular formula is C15H20N2O3. The van der Waals surface area contributed by atoms with Crippen LogP contribution >= 0.6 is 0 Å². The van der Waals surface area contributed by atoms with Gasteiger partial charge in [-0.15, -0.1) is 0 Å². The Morgan fingerprint density at radius 3 is 2.80 bits per heavy atom. The summed E-state index contributed by atoms with van der Waals surface area (Å²) >= 11 is 0. The molecule has 1 heterocycles. The van der Waals surface area contributed by atoms with Gasteiger partial charge in [-0.25, -0.2) is 0 Å². The van der Waals surface area contributed by atoms with Crippen molar-refractivity contribution in [3.63, 3.8) is 0 Å². The number of nitrogens with zero attached hydrogens (tertiary/aromatic N) is 1. The molecule has 5 heteroatoms. The van der Waals surface area contributed by atoms with Crippen molar-refractivity contribution in [2.24, 2.45) is 5.92 Å². The number of esters is 1. The van der Waals surface area contributed by atoms with Gasteiger partial charge in [0, 0.05) is 18.4 Å². The number of pyridine rings is 1. The summed E-state index contributed by atoms with van der Waals surface area (Å²) in [6, 6.07) is 3.28. The maximum Gasteiger partial charge on any atom is 0.310 e. The van der Waals surface area contributed by atoms with E-state index in [4.69, 9.17) is 4.74 Å². The van der Waals surface area contributed by atoms with Gasteiger partial charge in [-0.05, 0) is 25.0 Å². The van der Waals surface area contributed by atoms with Gasteiger partial charge < -0.3 is 10.1 Å². The third kappa shape index (κ3) is 3.56. The molecule has 1 fully saturated rings. The minimum absolute atomic E-state index is 0.155. The van der Waals surface area contributed by atoms with Crippen LogP contribution in [0.1, 0.15) is 42.5 Å². The van der Waals surface area contributed by atoms with Gasteiger partial charge in [0.15, 0.2) is 0 Å². The first kappa shape index (κ1) is 14.5. The topological polar surface area (TPSA) is 68.3 Å². The van der Waals surface area contributed by atoms with Crippen molar-refractivity contribution in [3.05, 3.63) is 30.1 Å². The second-order valence-corrected chi connectivity index (χ2v) is 5.09. The smallest absolute Gasteiger partial charge is 0.310 e. The molecule has 20 heavy (non-hydrogen) atoms. The van der Waals surface area contributed by atoms with Crippen LogP contribution in [0.2, 0.25) is 0 Å². The Balaban J connectivity index is 2.07. The summed E-state index contributed by atoms with van der Waals surface area (Å²) in [4.78, 5) is 28.0. The van der Waals surface area contributed by atoms with Crippen molar-refractivity contribution in [2.45, 2.75) is 38.1 Å². The van der Waals surface area contributed by atoms with E-state index >= 15 is 0 Å². The van der Waals surface area contributed by atoms with Crippen molar-refractivity contribution in [1.29, 1.82) is 0 Å². The van der Waals surface area contributed by atoms with Crippen molar-refractivity contribution in [2.75, 3.05) is 7.11 Å². The Kier molecular flexibility index (Phi) is 5.09. The number of aromatic nitrogens is 1. The fourth-order valence-corrected chi connectivity index (χ4v) is 2.66. The van der Waals surface area contributed by atoms with E-state index in [2.05, 4.69) is 10.3 Å². The van der Waals surface area contributed by atoms with E-state index in [1.54, 1.807) is 18.3 Å². The van der Waals surface area contributed by atoms with Gasteiger partial charge in [0.1, 0.15) is 0 Å². The molecule has 0 aliphatic heterocycles. The van der Waals surface area contributed by atoms with Gasteiger partial charge in [0.25, 0.3) is 5.91 Å². The van der Waals surface area contributed by atoms with Gasteiger partial charge in [-0.2, -0.15) is 0 Å². The first-order valence-electron chi connectivity index (χ1n) is 7.01.